The molecule has 0 unspecified atom stereocenters. The molecule has 0 fully saturated rings. The Morgan fingerprint density at radius 2 is 1.69 bits per heavy atom. The van der Waals surface area contributed by atoms with Gasteiger partial charge in [-0.15, -0.1) is 36.2 Å². The molecule has 0 aliphatic heterocycles. The maximum atomic E-state index is 4.54. The van der Waals surface area contributed by atoms with E-state index in [1.165, 1.54) is 4.88 Å². The molecule has 0 saturated heterocycles. The molecule has 0 spiro atoms. The predicted molar refractivity (Wildman–Crippen MR) is 111 cm³/mol. The summed E-state index contributed by atoms with van der Waals surface area (Å²) in [5.74, 6) is 1.36. The summed E-state index contributed by atoms with van der Waals surface area (Å²) in [6.07, 6.45) is 6.95. The van der Waals surface area contributed by atoms with Crippen LogP contribution in [-0.4, -0.2) is 19.9 Å². The van der Waals surface area contributed by atoms with Gasteiger partial charge in [0.25, 0.3) is 0 Å². The van der Waals surface area contributed by atoms with Crippen LogP contribution < -0.4 is 5.32 Å². The molecule has 0 saturated carbocycles. The van der Waals surface area contributed by atoms with Crippen LogP contribution in [0.25, 0.3) is 21.8 Å². The molecule has 4 heterocycles. The molecule has 0 amide bonds. The van der Waals surface area contributed by atoms with E-state index in [1.807, 2.05) is 42.6 Å². The zero-order valence-electron chi connectivity index (χ0n) is 13.4. The second-order valence-corrected chi connectivity index (χ2v) is 5.99. The largest absolute Gasteiger partial charge is 0.324 e. The number of anilines is 2. The number of aromatic nitrogens is 4. The van der Waals surface area contributed by atoms with Crippen LogP contribution in [0.5, 0.6) is 0 Å². The first kappa shape index (κ1) is 19.8. The molecule has 26 heavy (non-hydrogen) atoms. The number of halogens is 2. The maximum Gasteiger partial charge on any atom is 0.150 e. The van der Waals surface area contributed by atoms with E-state index in [4.69, 9.17) is 0 Å². The smallest absolute Gasteiger partial charge is 0.150 e. The quantitative estimate of drug-likeness (QED) is 0.503. The first-order valence-corrected chi connectivity index (χ1v) is 8.27. The molecule has 0 aliphatic rings. The van der Waals surface area contributed by atoms with Crippen molar-refractivity contribution in [2.45, 2.75) is 0 Å². The van der Waals surface area contributed by atoms with Gasteiger partial charge in [0.2, 0.25) is 0 Å². The lowest BCUT2D eigenvalue weighted by molar-refractivity contribution is 1.16. The second kappa shape index (κ2) is 9.24. The van der Waals surface area contributed by atoms with Crippen LogP contribution >= 0.6 is 36.2 Å². The van der Waals surface area contributed by atoms with Crippen molar-refractivity contribution >= 4 is 47.8 Å². The fourth-order valence-electron chi connectivity index (χ4n) is 2.25. The van der Waals surface area contributed by atoms with Crippen molar-refractivity contribution in [3.63, 3.8) is 0 Å². The van der Waals surface area contributed by atoms with Gasteiger partial charge in [-0.25, -0.2) is 9.97 Å². The number of rotatable bonds is 4. The van der Waals surface area contributed by atoms with Gasteiger partial charge in [-0.05, 0) is 35.7 Å². The number of hydrogen-bond donors (Lipinski definition) is 1. The number of nitrogens with zero attached hydrogens (tertiary/aromatic N) is 4. The van der Waals surface area contributed by atoms with E-state index in [-0.39, 0.29) is 24.8 Å². The Morgan fingerprint density at radius 1 is 0.769 bits per heavy atom. The van der Waals surface area contributed by atoms with Crippen molar-refractivity contribution in [2.24, 2.45) is 0 Å². The first-order valence-electron chi connectivity index (χ1n) is 7.39. The highest BCUT2D eigenvalue weighted by Gasteiger charge is 2.04. The van der Waals surface area contributed by atoms with Gasteiger partial charge in [-0.1, -0.05) is 12.1 Å². The van der Waals surface area contributed by atoms with E-state index in [1.54, 1.807) is 29.9 Å². The van der Waals surface area contributed by atoms with Crippen LogP contribution in [0.15, 0.2) is 72.6 Å². The molecule has 1 N–H and O–H groups in total. The Bertz CT molecular complexity index is 931. The lowest BCUT2D eigenvalue weighted by Crippen LogP contribution is -1.98. The minimum absolute atomic E-state index is 0. The fraction of sp³-hybridized carbons (Fsp3) is 0. The van der Waals surface area contributed by atoms with E-state index in [0.717, 1.165) is 22.8 Å². The highest BCUT2D eigenvalue weighted by Crippen LogP contribution is 2.25. The van der Waals surface area contributed by atoms with E-state index in [0.29, 0.717) is 5.82 Å². The fourth-order valence-corrected chi connectivity index (χ4v) is 2.97. The van der Waals surface area contributed by atoms with Gasteiger partial charge < -0.3 is 5.32 Å². The minimum atomic E-state index is 0. The van der Waals surface area contributed by atoms with Crippen molar-refractivity contribution < 1.29 is 0 Å². The third-order valence-electron chi connectivity index (χ3n) is 3.39. The molecular formula is C18H15Cl2N5S. The molecule has 4 rings (SSSR count). The van der Waals surface area contributed by atoms with E-state index in [9.17, 15) is 0 Å². The zero-order chi connectivity index (χ0) is 16.2. The molecular weight excluding hydrogens is 389 g/mol. The summed E-state index contributed by atoms with van der Waals surface area (Å²) in [4.78, 5) is 18.7. The van der Waals surface area contributed by atoms with Crippen LogP contribution in [-0.2, 0) is 0 Å². The van der Waals surface area contributed by atoms with Crippen molar-refractivity contribution in [2.75, 3.05) is 5.32 Å². The minimum Gasteiger partial charge on any atom is -0.324 e. The van der Waals surface area contributed by atoms with E-state index >= 15 is 0 Å². The highest BCUT2D eigenvalue weighted by molar-refractivity contribution is 7.13. The molecule has 8 heteroatoms. The van der Waals surface area contributed by atoms with Crippen molar-refractivity contribution in [3.8, 4) is 21.8 Å². The molecule has 0 bridgehead atoms. The van der Waals surface area contributed by atoms with Gasteiger partial charge >= 0.3 is 0 Å². The molecule has 0 aliphatic carbocycles. The normalized spacial score (nSPS) is 9.69. The van der Waals surface area contributed by atoms with E-state index < -0.39 is 0 Å². The maximum absolute atomic E-state index is 4.54. The molecule has 4 aromatic heterocycles. The molecule has 132 valence electrons. The van der Waals surface area contributed by atoms with Crippen molar-refractivity contribution in [1.29, 1.82) is 0 Å². The second-order valence-electron chi connectivity index (χ2n) is 5.04. The van der Waals surface area contributed by atoms with Crippen LogP contribution in [0, 0.1) is 0 Å². The monoisotopic (exact) mass is 403 g/mol. The standard InChI is InChI=1S/C18H13N5S.2ClH/c1-2-8-20-14(4-1)15-11-19-12-18(22-15)23-17-7-6-13(10-21-17)16-5-3-9-24-16;;/h1-12H,(H,21,22,23);2*1H. The predicted octanol–water partition coefficient (Wildman–Crippen LogP) is 5.25. The highest BCUT2D eigenvalue weighted by atomic mass is 35.5. The zero-order valence-corrected chi connectivity index (χ0v) is 15.9. The van der Waals surface area contributed by atoms with E-state index in [2.05, 4.69) is 36.7 Å². The average molecular weight is 404 g/mol. The summed E-state index contributed by atoms with van der Waals surface area (Å²) in [7, 11) is 0. The van der Waals surface area contributed by atoms with Gasteiger partial charge in [0.1, 0.15) is 11.5 Å². The topological polar surface area (TPSA) is 63.6 Å². The SMILES string of the molecule is Cl.Cl.c1ccc(-c2cncc(Nc3ccc(-c4cccs4)cn3)n2)nc1. The molecule has 0 atom stereocenters. The van der Waals surface area contributed by atoms with Crippen molar-refractivity contribution in [1.82, 2.24) is 19.9 Å². The third kappa shape index (κ3) is 4.54. The summed E-state index contributed by atoms with van der Waals surface area (Å²) in [5, 5.41) is 5.23. The lowest BCUT2D eigenvalue weighted by atomic mass is 10.2. The Balaban J connectivity index is 0.00000121. The van der Waals surface area contributed by atoms with Gasteiger partial charge in [0, 0.05) is 22.8 Å². The summed E-state index contributed by atoms with van der Waals surface area (Å²) in [6, 6.07) is 13.8. The average Bonchev–Trinajstić information content (AvgIpc) is 3.18. The molecule has 4 aromatic rings. The van der Waals surface area contributed by atoms with Gasteiger partial charge in [-0.2, -0.15) is 0 Å². The Morgan fingerprint density at radius 3 is 2.38 bits per heavy atom. The van der Waals surface area contributed by atoms with Gasteiger partial charge in [0.05, 0.1) is 18.1 Å². The Hall–Kier alpha value is -2.54. The van der Waals surface area contributed by atoms with Crippen LogP contribution in [0.3, 0.4) is 0 Å². The van der Waals surface area contributed by atoms with Crippen LogP contribution in [0.4, 0.5) is 11.6 Å². The lowest BCUT2D eigenvalue weighted by Gasteiger charge is -2.06. The molecule has 5 nitrogen and oxygen atoms in total. The first-order chi connectivity index (χ1) is 11.9. The third-order valence-corrected chi connectivity index (χ3v) is 4.31. The van der Waals surface area contributed by atoms with Crippen LogP contribution in [0.1, 0.15) is 0 Å². The number of pyridine rings is 2. The van der Waals surface area contributed by atoms with Gasteiger partial charge in [-0.3, -0.25) is 9.97 Å². The Kier molecular flexibility index (Phi) is 7.03. The van der Waals surface area contributed by atoms with Crippen molar-refractivity contribution in [3.05, 3.63) is 72.6 Å². The van der Waals surface area contributed by atoms with Gasteiger partial charge in [0.15, 0.2) is 5.82 Å². The number of nitrogens with one attached hydrogen (secondary N) is 1. The molecule has 0 aromatic carbocycles. The number of thiophene rings is 1. The summed E-state index contributed by atoms with van der Waals surface area (Å²) >= 11 is 1.70. The summed E-state index contributed by atoms with van der Waals surface area (Å²) in [6.45, 7) is 0. The summed E-state index contributed by atoms with van der Waals surface area (Å²) in [5.41, 5.74) is 2.61. The Labute approximate surface area is 167 Å². The summed E-state index contributed by atoms with van der Waals surface area (Å²) < 4.78 is 0. The molecule has 0 radical (unpaired) electrons. The van der Waals surface area contributed by atoms with Crippen LogP contribution in [0.2, 0.25) is 0 Å². The number of hydrogen-bond acceptors (Lipinski definition) is 6.